The molecule has 0 saturated heterocycles. The van der Waals surface area contributed by atoms with Gasteiger partial charge in [-0.3, -0.25) is 9.69 Å². The number of aryl methyl sites for hydroxylation is 2. The van der Waals surface area contributed by atoms with Crippen molar-refractivity contribution in [1.29, 1.82) is 0 Å². The lowest BCUT2D eigenvalue weighted by molar-refractivity contribution is 0.0936. The SMILES string of the molecule is C[C@H](CNC(=O)c1cc2c(s1)CCC2)N1CCc2ccccc2C1. The van der Waals surface area contributed by atoms with Gasteiger partial charge in [0, 0.05) is 30.6 Å². The predicted octanol–water partition coefficient (Wildman–Crippen LogP) is 3.41. The van der Waals surface area contributed by atoms with E-state index >= 15 is 0 Å². The Hall–Kier alpha value is -1.65. The van der Waals surface area contributed by atoms with Crippen LogP contribution in [-0.4, -0.2) is 29.9 Å². The first-order valence-corrected chi connectivity index (χ1v) is 9.73. The average Bonchev–Trinajstić information content (AvgIpc) is 3.21. The molecule has 3 nitrogen and oxygen atoms in total. The molecule has 2 aliphatic rings. The van der Waals surface area contributed by atoms with Gasteiger partial charge in [0.25, 0.3) is 5.91 Å². The molecule has 4 rings (SSSR count). The number of nitrogens with one attached hydrogen (secondary N) is 1. The zero-order chi connectivity index (χ0) is 16.5. The van der Waals surface area contributed by atoms with E-state index in [1.807, 2.05) is 0 Å². The van der Waals surface area contributed by atoms with Crippen LogP contribution in [0.4, 0.5) is 0 Å². The lowest BCUT2D eigenvalue weighted by Crippen LogP contribution is -2.44. The summed E-state index contributed by atoms with van der Waals surface area (Å²) in [6.07, 6.45) is 4.64. The minimum atomic E-state index is 0.0960. The van der Waals surface area contributed by atoms with Crippen molar-refractivity contribution in [2.24, 2.45) is 0 Å². The molecule has 1 aromatic heterocycles. The van der Waals surface area contributed by atoms with E-state index < -0.39 is 0 Å². The van der Waals surface area contributed by atoms with E-state index in [2.05, 4.69) is 47.5 Å². The smallest absolute Gasteiger partial charge is 0.261 e. The Labute approximate surface area is 147 Å². The Morgan fingerprint density at radius 3 is 2.88 bits per heavy atom. The quantitative estimate of drug-likeness (QED) is 0.925. The van der Waals surface area contributed by atoms with Gasteiger partial charge in [0.1, 0.15) is 0 Å². The number of carbonyl (C=O) groups excluding carboxylic acids is 1. The van der Waals surface area contributed by atoms with Gasteiger partial charge < -0.3 is 5.32 Å². The van der Waals surface area contributed by atoms with E-state index in [-0.39, 0.29) is 5.91 Å². The third kappa shape index (κ3) is 3.13. The molecule has 0 radical (unpaired) electrons. The van der Waals surface area contributed by atoms with Crippen molar-refractivity contribution in [2.75, 3.05) is 13.1 Å². The second-order valence-corrected chi connectivity index (χ2v) is 8.10. The molecule has 0 unspecified atom stereocenters. The van der Waals surface area contributed by atoms with Crippen LogP contribution >= 0.6 is 11.3 Å². The van der Waals surface area contributed by atoms with Crippen LogP contribution in [0.25, 0.3) is 0 Å². The van der Waals surface area contributed by atoms with E-state index in [1.165, 1.54) is 28.0 Å². The lowest BCUT2D eigenvalue weighted by Gasteiger charge is -2.33. The van der Waals surface area contributed by atoms with Gasteiger partial charge in [0.2, 0.25) is 0 Å². The molecule has 1 aromatic carbocycles. The highest BCUT2D eigenvalue weighted by Gasteiger charge is 2.22. The second kappa shape index (κ2) is 6.69. The Kier molecular flexibility index (Phi) is 4.42. The van der Waals surface area contributed by atoms with Crippen LogP contribution in [-0.2, 0) is 25.8 Å². The number of nitrogens with zero attached hydrogens (tertiary/aromatic N) is 1. The molecule has 1 atom stereocenters. The van der Waals surface area contributed by atoms with Crippen molar-refractivity contribution < 1.29 is 4.79 Å². The summed E-state index contributed by atoms with van der Waals surface area (Å²) >= 11 is 1.68. The van der Waals surface area contributed by atoms with Gasteiger partial charge in [-0.2, -0.15) is 0 Å². The minimum absolute atomic E-state index is 0.0960. The summed E-state index contributed by atoms with van der Waals surface area (Å²) in [7, 11) is 0. The Balaban J connectivity index is 1.33. The average molecular weight is 340 g/mol. The van der Waals surface area contributed by atoms with Gasteiger partial charge in [-0.15, -0.1) is 11.3 Å². The maximum atomic E-state index is 12.4. The van der Waals surface area contributed by atoms with Gasteiger partial charge in [-0.05, 0) is 55.4 Å². The predicted molar refractivity (Wildman–Crippen MR) is 98.7 cm³/mol. The van der Waals surface area contributed by atoms with E-state index in [1.54, 1.807) is 11.3 Å². The molecule has 2 aromatic rings. The van der Waals surface area contributed by atoms with E-state index in [0.717, 1.165) is 37.2 Å². The largest absolute Gasteiger partial charge is 0.350 e. The molecular weight excluding hydrogens is 316 g/mol. The molecule has 0 bridgehead atoms. The van der Waals surface area contributed by atoms with Gasteiger partial charge in [0.05, 0.1) is 4.88 Å². The van der Waals surface area contributed by atoms with E-state index in [4.69, 9.17) is 0 Å². The van der Waals surface area contributed by atoms with Gasteiger partial charge in [-0.1, -0.05) is 24.3 Å². The maximum absolute atomic E-state index is 12.4. The number of carbonyl (C=O) groups is 1. The van der Waals surface area contributed by atoms with Crippen LogP contribution in [0.15, 0.2) is 30.3 Å². The Bertz CT molecular complexity index is 730. The number of hydrogen-bond acceptors (Lipinski definition) is 3. The Morgan fingerprint density at radius 2 is 2.04 bits per heavy atom. The van der Waals surface area contributed by atoms with Gasteiger partial charge >= 0.3 is 0 Å². The van der Waals surface area contributed by atoms with Crippen LogP contribution in [0.3, 0.4) is 0 Å². The number of amides is 1. The monoisotopic (exact) mass is 340 g/mol. The summed E-state index contributed by atoms with van der Waals surface area (Å²) in [5, 5.41) is 3.14. The second-order valence-electron chi connectivity index (χ2n) is 6.96. The molecule has 1 N–H and O–H groups in total. The third-order valence-electron chi connectivity index (χ3n) is 5.31. The first-order chi connectivity index (χ1) is 11.7. The van der Waals surface area contributed by atoms with Gasteiger partial charge in [-0.25, -0.2) is 0 Å². The first kappa shape index (κ1) is 15.9. The summed E-state index contributed by atoms with van der Waals surface area (Å²) in [6, 6.07) is 11.1. The molecule has 1 aliphatic carbocycles. The number of fused-ring (bicyclic) bond motifs is 2. The highest BCUT2D eigenvalue weighted by molar-refractivity contribution is 7.14. The lowest BCUT2D eigenvalue weighted by atomic mass is 9.99. The fourth-order valence-electron chi connectivity index (χ4n) is 3.79. The van der Waals surface area contributed by atoms with E-state index in [9.17, 15) is 4.79 Å². The number of hydrogen-bond donors (Lipinski definition) is 1. The number of rotatable bonds is 4. The molecular formula is C20H24N2OS. The van der Waals surface area contributed by atoms with Crippen molar-refractivity contribution in [3.63, 3.8) is 0 Å². The van der Waals surface area contributed by atoms with Crippen molar-refractivity contribution in [3.05, 3.63) is 56.8 Å². The van der Waals surface area contributed by atoms with Crippen LogP contribution in [0, 0.1) is 0 Å². The van der Waals surface area contributed by atoms with Crippen molar-refractivity contribution in [2.45, 2.75) is 45.2 Å². The summed E-state index contributed by atoms with van der Waals surface area (Å²) in [5.41, 5.74) is 4.29. The number of thiophene rings is 1. The zero-order valence-electron chi connectivity index (χ0n) is 14.2. The highest BCUT2D eigenvalue weighted by atomic mass is 32.1. The highest BCUT2D eigenvalue weighted by Crippen LogP contribution is 2.30. The fourth-order valence-corrected chi connectivity index (χ4v) is 4.96. The minimum Gasteiger partial charge on any atom is -0.350 e. The van der Waals surface area contributed by atoms with Crippen LogP contribution in [0.1, 0.15) is 44.6 Å². The summed E-state index contributed by atoms with van der Waals surface area (Å²) in [5.74, 6) is 0.0960. The molecule has 4 heteroatoms. The van der Waals surface area contributed by atoms with Crippen molar-refractivity contribution in [1.82, 2.24) is 10.2 Å². The fraction of sp³-hybridized carbons (Fsp3) is 0.450. The zero-order valence-corrected chi connectivity index (χ0v) is 15.0. The van der Waals surface area contributed by atoms with Crippen LogP contribution in [0.5, 0.6) is 0 Å². The first-order valence-electron chi connectivity index (χ1n) is 8.91. The summed E-state index contributed by atoms with van der Waals surface area (Å²) in [6.45, 7) is 4.98. The summed E-state index contributed by atoms with van der Waals surface area (Å²) < 4.78 is 0. The standard InChI is InChI=1S/C20H24N2OS/c1-14(22-10-9-15-5-2-3-6-17(15)13-22)12-21-20(23)19-11-16-7-4-8-18(16)24-19/h2-3,5-6,11,14H,4,7-10,12-13H2,1H3,(H,21,23)/t14-/m1/s1. The number of benzene rings is 1. The Morgan fingerprint density at radius 1 is 1.21 bits per heavy atom. The molecule has 1 amide bonds. The van der Waals surface area contributed by atoms with Crippen molar-refractivity contribution in [3.8, 4) is 0 Å². The molecule has 0 spiro atoms. The topological polar surface area (TPSA) is 32.3 Å². The molecule has 1 aliphatic heterocycles. The molecule has 0 fully saturated rings. The summed E-state index contributed by atoms with van der Waals surface area (Å²) in [4.78, 5) is 17.2. The van der Waals surface area contributed by atoms with E-state index in [0.29, 0.717) is 12.6 Å². The van der Waals surface area contributed by atoms with Crippen LogP contribution < -0.4 is 5.32 Å². The molecule has 126 valence electrons. The molecule has 2 heterocycles. The van der Waals surface area contributed by atoms with Crippen LogP contribution in [0.2, 0.25) is 0 Å². The normalized spacial score (nSPS) is 18.0. The molecule has 0 saturated carbocycles. The van der Waals surface area contributed by atoms with Gasteiger partial charge in [0.15, 0.2) is 0 Å². The molecule has 24 heavy (non-hydrogen) atoms. The maximum Gasteiger partial charge on any atom is 0.261 e. The third-order valence-corrected chi connectivity index (χ3v) is 6.55. The van der Waals surface area contributed by atoms with Crippen molar-refractivity contribution >= 4 is 17.2 Å².